The van der Waals surface area contributed by atoms with Crippen LogP contribution in [0.5, 0.6) is 0 Å². The van der Waals surface area contributed by atoms with Gasteiger partial charge in [-0.2, -0.15) is 13.2 Å². The van der Waals surface area contributed by atoms with Crippen molar-refractivity contribution in [1.29, 1.82) is 0 Å². The average Bonchev–Trinajstić information content (AvgIpc) is 3.24. The first-order valence-electron chi connectivity index (χ1n) is 11.2. The number of aliphatic carboxylic acids is 2. The number of hydrogen-bond acceptors (Lipinski definition) is 4. The van der Waals surface area contributed by atoms with Gasteiger partial charge in [-0.15, -0.1) is 0 Å². The van der Waals surface area contributed by atoms with Gasteiger partial charge in [0.1, 0.15) is 17.3 Å². The molecule has 1 saturated heterocycles. The lowest BCUT2D eigenvalue weighted by molar-refractivity contribution is -0.192. The molecular formula is C25H24Cl2F4N2O5. The fourth-order valence-electron chi connectivity index (χ4n) is 5.11. The number of alkyl halides is 3. The van der Waals surface area contributed by atoms with Gasteiger partial charge in [-0.3, -0.25) is 14.9 Å². The number of benzene rings is 2. The predicted octanol–water partition coefficient (Wildman–Crippen LogP) is 5.60. The predicted molar refractivity (Wildman–Crippen MR) is 132 cm³/mol. The molecule has 4 rings (SSSR count). The summed E-state index contributed by atoms with van der Waals surface area (Å²) >= 11 is 12.2. The lowest BCUT2D eigenvalue weighted by Gasteiger charge is -2.37. The van der Waals surface area contributed by atoms with Gasteiger partial charge in [-0.05, 0) is 47.2 Å². The van der Waals surface area contributed by atoms with E-state index >= 15 is 0 Å². The summed E-state index contributed by atoms with van der Waals surface area (Å²) < 4.78 is 45.6. The van der Waals surface area contributed by atoms with Crippen molar-refractivity contribution in [3.05, 3.63) is 63.4 Å². The first-order valence-corrected chi connectivity index (χ1v) is 12.0. The van der Waals surface area contributed by atoms with Crippen molar-refractivity contribution in [2.75, 3.05) is 5.32 Å². The van der Waals surface area contributed by atoms with E-state index in [0.29, 0.717) is 28.3 Å². The summed E-state index contributed by atoms with van der Waals surface area (Å²) in [7, 11) is 0. The Balaban J connectivity index is 0.000000505. The second-order valence-electron chi connectivity index (χ2n) is 10.3. The van der Waals surface area contributed by atoms with Gasteiger partial charge in [0.05, 0.1) is 5.02 Å². The van der Waals surface area contributed by atoms with Gasteiger partial charge in [-0.25, -0.2) is 9.18 Å². The Labute approximate surface area is 225 Å². The minimum absolute atomic E-state index is 0.120. The maximum atomic E-state index is 13.9. The number of carbonyl (C=O) groups is 3. The van der Waals surface area contributed by atoms with Crippen molar-refractivity contribution < 1.29 is 42.2 Å². The zero-order valence-corrected chi connectivity index (χ0v) is 21.8. The standard InChI is InChI=1S/C23H23Cl2FN2O3.C2HF3O2/c1-22(2,3)10-17-23(13-6-5-12(24)9-16(13)27-21(23)31)18(19(28-17)20(29)30)11-4-7-15(26)14(25)8-11;3-2(4,5)1(6)7/h4-9,17-19,28H,10H2,1-3H3,(H,27,31)(H,29,30);(H,6,7)/t17-,18+,19+,23+;/m0./s1. The van der Waals surface area contributed by atoms with Crippen molar-refractivity contribution in [2.45, 2.75) is 56.8 Å². The molecule has 4 atom stereocenters. The van der Waals surface area contributed by atoms with Crippen LogP contribution in [0.15, 0.2) is 36.4 Å². The summed E-state index contributed by atoms with van der Waals surface area (Å²) in [6, 6.07) is 7.71. The van der Waals surface area contributed by atoms with Crippen LogP contribution in [-0.4, -0.2) is 46.3 Å². The number of hydrogen-bond donors (Lipinski definition) is 4. The molecule has 0 saturated carbocycles. The Morgan fingerprint density at radius 1 is 1.05 bits per heavy atom. The highest BCUT2D eigenvalue weighted by molar-refractivity contribution is 6.31. The number of carbonyl (C=O) groups excluding carboxylic acids is 1. The molecular weight excluding hydrogens is 555 g/mol. The molecule has 2 aromatic carbocycles. The van der Waals surface area contributed by atoms with Crippen LogP contribution in [0.3, 0.4) is 0 Å². The highest BCUT2D eigenvalue weighted by Gasteiger charge is 2.65. The van der Waals surface area contributed by atoms with Gasteiger partial charge >= 0.3 is 18.1 Å². The third kappa shape index (κ3) is 5.60. The topological polar surface area (TPSA) is 116 Å². The van der Waals surface area contributed by atoms with Gasteiger partial charge in [0, 0.05) is 22.7 Å². The summed E-state index contributed by atoms with van der Waals surface area (Å²) in [5, 5.41) is 23.7. The van der Waals surface area contributed by atoms with E-state index in [9.17, 15) is 32.3 Å². The van der Waals surface area contributed by atoms with E-state index in [4.69, 9.17) is 33.1 Å². The van der Waals surface area contributed by atoms with Gasteiger partial charge in [0.25, 0.3) is 0 Å². The van der Waals surface area contributed by atoms with E-state index in [1.165, 1.54) is 18.2 Å². The zero-order chi connectivity index (χ0) is 28.8. The van der Waals surface area contributed by atoms with Crippen LogP contribution < -0.4 is 10.6 Å². The SMILES string of the molecule is CC(C)(C)C[C@@H]1N[C@@H](C(=O)O)[C@@H](c2ccc(F)c(Cl)c2)[C@]12C(=O)Nc1cc(Cl)ccc12.O=C(O)C(F)(F)F. The summed E-state index contributed by atoms with van der Waals surface area (Å²) in [5.41, 5.74) is 0.302. The van der Waals surface area contributed by atoms with Crippen molar-refractivity contribution >= 4 is 46.7 Å². The van der Waals surface area contributed by atoms with Crippen LogP contribution in [0.2, 0.25) is 10.0 Å². The van der Waals surface area contributed by atoms with E-state index in [1.807, 2.05) is 20.8 Å². The lowest BCUT2D eigenvalue weighted by Crippen LogP contribution is -2.49. The molecule has 2 heterocycles. The highest BCUT2D eigenvalue weighted by Crippen LogP contribution is 2.56. The summed E-state index contributed by atoms with van der Waals surface area (Å²) in [5.74, 6) is -5.56. The van der Waals surface area contributed by atoms with Crippen LogP contribution in [0.4, 0.5) is 23.2 Å². The normalized spacial score (nSPS) is 24.4. The number of amides is 1. The molecule has 7 nitrogen and oxygen atoms in total. The first kappa shape index (κ1) is 29.7. The molecule has 1 spiro atoms. The molecule has 0 radical (unpaired) electrons. The third-order valence-electron chi connectivity index (χ3n) is 6.43. The van der Waals surface area contributed by atoms with E-state index in [2.05, 4.69) is 10.6 Å². The number of fused-ring (bicyclic) bond motifs is 2. The van der Waals surface area contributed by atoms with Crippen molar-refractivity contribution in [3.63, 3.8) is 0 Å². The molecule has 1 fully saturated rings. The lowest BCUT2D eigenvalue weighted by atomic mass is 9.62. The van der Waals surface area contributed by atoms with Crippen LogP contribution >= 0.6 is 23.2 Å². The Kier molecular flexibility index (Phi) is 8.08. The number of rotatable bonds is 3. The maximum absolute atomic E-state index is 13.9. The van der Waals surface area contributed by atoms with Crippen molar-refractivity contribution in [1.82, 2.24) is 5.32 Å². The van der Waals surface area contributed by atoms with E-state index in [0.717, 1.165) is 0 Å². The van der Waals surface area contributed by atoms with Crippen LogP contribution in [0.25, 0.3) is 0 Å². The van der Waals surface area contributed by atoms with E-state index in [1.54, 1.807) is 18.2 Å². The fraction of sp³-hybridized carbons (Fsp3) is 0.400. The Morgan fingerprint density at radius 2 is 1.66 bits per heavy atom. The minimum atomic E-state index is -5.08. The van der Waals surface area contributed by atoms with Gasteiger partial charge in [-0.1, -0.05) is 56.1 Å². The summed E-state index contributed by atoms with van der Waals surface area (Å²) in [6.07, 6.45) is -4.54. The number of anilines is 1. The molecule has 0 unspecified atom stereocenters. The first-order chi connectivity index (χ1) is 17.4. The van der Waals surface area contributed by atoms with Crippen molar-refractivity contribution in [3.8, 4) is 0 Å². The fourth-order valence-corrected chi connectivity index (χ4v) is 5.48. The molecule has 2 aromatic rings. The Hall–Kier alpha value is -2.89. The quantitative estimate of drug-likeness (QED) is 0.352. The molecule has 0 aliphatic carbocycles. The summed E-state index contributed by atoms with van der Waals surface area (Å²) in [6.45, 7) is 6.11. The van der Waals surface area contributed by atoms with Crippen LogP contribution in [0, 0.1) is 11.2 Å². The van der Waals surface area contributed by atoms with Gasteiger partial charge in [0.15, 0.2) is 0 Å². The van der Waals surface area contributed by atoms with E-state index in [-0.39, 0.29) is 16.3 Å². The molecule has 38 heavy (non-hydrogen) atoms. The third-order valence-corrected chi connectivity index (χ3v) is 6.96. The average molecular weight is 579 g/mol. The van der Waals surface area contributed by atoms with E-state index < -0.39 is 47.3 Å². The number of carboxylic acids is 2. The zero-order valence-electron chi connectivity index (χ0n) is 20.3. The Bertz CT molecular complexity index is 1280. The van der Waals surface area contributed by atoms with Gasteiger partial charge in [0.2, 0.25) is 5.91 Å². The molecule has 2 aliphatic heterocycles. The molecule has 0 aromatic heterocycles. The monoisotopic (exact) mass is 578 g/mol. The largest absolute Gasteiger partial charge is 0.490 e. The molecule has 206 valence electrons. The number of nitrogens with one attached hydrogen (secondary N) is 2. The van der Waals surface area contributed by atoms with Crippen molar-refractivity contribution in [2.24, 2.45) is 5.41 Å². The molecule has 2 aliphatic rings. The molecule has 1 amide bonds. The molecule has 13 heteroatoms. The number of halogens is 6. The second kappa shape index (κ2) is 10.3. The molecule has 4 N–H and O–H groups in total. The minimum Gasteiger partial charge on any atom is -0.480 e. The Morgan fingerprint density at radius 3 is 2.16 bits per heavy atom. The van der Waals surface area contributed by atoms with Crippen LogP contribution in [0.1, 0.15) is 44.2 Å². The number of carboxylic acid groups (broad SMARTS) is 2. The summed E-state index contributed by atoms with van der Waals surface area (Å²) in [4.78, 5) is 34.9. The van der Waals surface area contributed by atoms with Crippen LogP contribution in [-0.2, 0) is 19.8 Å². The van der Waals surface area contributed by atoms with Gasteiger partial charge < -0.3 is 15.5 Å². The maximum Gasteiger partial charge on any atom is 0.490 e. The molecule has 0 bridgehead atoms. The smallest absolute Gasteiger partial charge is 0.480 e. The second-order valence-corrected chi connectivity index (χ2v) is 11.1. The highest BCUT2D eigenvalue weighted by atomic mass is 35.5.